The standard InChI is InChI=1S/C10H21NO2/c1-4-9(2)6-5-7-11-10(12)8-13-3/h9H,4-8H2,1-3H3,(H,11,12). The number of ether oxygens (including phenoxy) is 1. The second-order valence-electron chi connectivity index (χ2n) is 3.44. The van der Waals surface area contributed by atoms with Crippen LogP contribution in [0, 0.1) is 5.92 Å². The summed E-state index contributed by atoms with van der Waals surface area (Å²) in [6, 6.07) is 0. The minimum atomic E-state index is -0.0216. The van der Waals surface area contributed by atoms with Crippen LogP contribution in [0.2, 0.25) is 0 Å². The second kappa shape index (κ2) is 8.05. The zero-order valence-electron chi connectivity index (χ0n) is 8.93. The molecular formula is C10H21NO2. The van der Waals surface area contributed by atoms with E-state index in [0.717, 1.165) is 18.9 Å². The largest absolute Gasteiger partial charge is 0.375 e. The predicted octanol–water partition coefficient (Wildman–Crippen LogP) is 1.58. The lowest BCUT2D eigenvalue weighted by atomic mass is 10.0. The van der Waals surface area contributed by atoms with Crippen LogP contribution in [0.5, 0.6) is 0 Å². The lowest BCUT2D eigenvalue weighted by Gasteiger charge is -2.08. The van der Waals surface area contributed by atoms with Gasteiger partial charge in [-0.2, -0.15) is 0 Å². The van der Waals surface area contributed by atoms with Crippen molar-refractivity contribution in [2.24, 2.45) is 5.92 Å². The van der Waals surface area contributed by atoms with Gasteiger partial charge in [0.25, 0.3) is 0 Å². The van der Waals surface area contributed by atoms with Crippen molar-refractivity contribution in [1.29, 1.82) is 0 Å². The summed E-state index contributed by atoms with van der Waals surface area (Å²) >= 11 is 0. The van der Waals surface area contributed by atoms with E-state index < -0.39 is 0 Å². The van der Waals surface area contributed by atoms with E-state index in [1.807, 2.05) is 0 Å². The number of carbonyl (C=O) groups is 1. The molecule has 0 aromatic heterocycles. The maximum absolute atomic E-state index is 10.9. The van der Waals surface area contributed by atoms with E-state index in [9.17, 15) is 4.79 Å². The van der Waals surface area contributed by atoms with Crippen LogP contribution >= 0.6 is 0 Å². The highest BCUT2D eigenvalue weighted by Crippen LogP contribution is 2.07. The van der Waals surface area contributed by atoms with E-state index in [4.69, 9.17) is 4.74 Å². The molecule has 0 saturated heterocycles. The Kier molecular flexibility index (Phi) is 7.69. The van der Waals surface area contributed by atoms with Crippen molar-refractivity contribution in [2.75, 3.05) is 20.3 Å². The van der Waals surface area contributed by atoms with Gasteiger partial charge in [-0.3, -0.25) is 4.79 Å². The first-order chi connectivity index (χ1) is 6.20. The fourth-order valence-electron chi connectivity index (χ4n) is 1.06. The van der Waals surface area contributed by atoms with Crippen molar-refractivity contribution in [2.45, 2.75) is 33.1 Å². The van der Waals surface area contributed by atoms with E-state index in [1.165, 1.54) is 20.0 Å². The van der Waals surface area contributed by atoms with E-state index in [0.29, 0.717) is 0 Å². The van der Waals surface area contributed by atoms with Gasteiger partial charge in [-0.15, -0.1) is 0 Å². The Balaban J connectivity index is 3.20. The summed E-state index contributed by atoms with van der Waals surface area (Å²) in [6.07, 6.45) is 3.46. The first-order valence-electron chi connectivity index (χ1n) is 4.96. The molecule has 13 heavy (non-hydrogen) atoms. The topological polar surface area (TPSA) is 38.3 Å². The highest BCUT2D eigenvalue weighted by Gasteiger charge is 2.00. The monoisotopic (exact) mass is 187 g/mol. The van der Waals surface area contributed by atoms with E-state index in [-0.39, 0.29) is 12.5 Å². The van der Waals surface area contributed by atoms with Crippen molar-refractivity contribution in [1.82, 2.24) is 5.32 Å². The number of hydrogen-bond acceptors (Lipinski definition) is 2. The molecule has 0 aliphatic rings. The van der Waals surface area contributed by atoms with Gasteiger partial charge in [0, 0.05) is 13.7 Å². The molecule has 0 fully saturated rings. The maximum atomic E-state index is 10.9. The Morgan fingerprint density at radius 1 is 1.54 bits per heavy atom. The van der Waals surface area contributed by atoms with Crippen molar-refractivity contribution in [3.05, 3.63) is 0 Å². The van der Waals surface area contributed by atoms with Crippen LogP contribution in [0.3, 0.4) is 0 Å². The second-order valence-corrected chi connectivity index (χ2v) is 3.44. The van der Waals surface area contributed by atoms with Crippen molar-refractivity contribution in [3.8, 4) is 0 Å². The van der Waals surface area contributed by atoms with Gasteiger partial charge in [0.2, 0.25) is 5.91 Å². The Labute approximate surface area is 80.8 Å². The van der Waals surface area contributed by atoms with Gasteiger partial charge >= 0.3 is 0 Å². The molecule has 3 heteroatoms. The minimum absolute atomic E-state index is 0.0216. The smallest absolute Gasteiger partial charge is 0.245 e. The number of rotatable bonds is 7. The van der Waals surface area contributed by atoms with Gasteiger partial charge in [-0.1, -0.05) is 20.3 Å². The lowest BCUT2D eigenvalue weighted by molar-refractivity contribution is -0.124. The number of hydrogen-bond donors (Lipinski definition) is 1. The first-order valence-corrected chi connectivity index (χ1v) is 4.96. The lowest BCUT2D eigenvalue weighted by Crippen LogP contribution is -2.28. The molecular weight excluding hydrogens is 166 g/mol. The van der Waals surface area contributed by atoms with E-state index in [2.05, 4.69) is 19.2 Å². The molecule has 3 nitrogen and oxygen atoms in total. The van der Waals surface area contributed by atoms with E-state index in [1.54, 1.807) is 0 Å². The van der Waals surface area contributed by atoms with Gasteiger partial charge in [0.1, 0.15) is 6.61 Å². The van der Waals surface area contributed by atoms with Gasteiger partial charge in [-0.05, 0) is 18.8 Å². The maximum Gasteiger partial charge on any atom is 0.245 e. The third-order valence-electron chi connectivity index (χ3n) is 2.17. The summed E-state index contributed by atoms with van der Waals surface area (Å²) in [6.45, 7) is 5.36. The van der Waals surface area contributed by atoms with Crippen LogP contribution in [-0.2, 0) is 9.53 Å². The molecule has 78 valence electrons. The summed E-state index contributed by atoms with van der Waals surface area (Å²) in [5.41, 5.74) is 0. The van der Waals surface area contributed by atoms with Crippen LogP contribution in [0.4, 0.5) is 0 Å². The van der Waals surface area contributed by atoms with Crippen LogP contribution in [0.1, 0.15) is 33.1 Å². The fourth-order valence-corrected chi connectivity index (χ4v) is 1.06. The molecule has 0 bridgehead atoms. The van der Waals surface area contributed by atoms with Gasteiger partial charge in [0.05, 0.1) is 0 Å². The molecule has 0 aliphatic heterocycles. The quantitative estimate of drug-likeness (QED) is 0.614. The molecule has 1 atom stereocenters. The van der Waals surface area contributed by atoms with Crippen LogP contribution in [-0.4, -0.2) is 26.2 Å². The van der Waals surface area contributed by atoms with Gasteiger partial charge in [0.15, 0.2) is 0 Å². The molecule has 1 N–H and O–H groups in total. The van der Waals surface area contributed by atoms with Gasteiger partial charge in [-0.25, -0.2) is 0 Å². The molecule has 0 radical (unpaired) electrons. The van der Waals surface area contributed by atoms with Crippen molar-refractivity contribution >= 4 is 5.91 Å². The Bertz CT molecular complexity index is 137. The molecule has 1 amide bonds. The average molecular weight is 187 g/mol. The Morgan fingerprint density at radius 2 is 2.23 bits per heavy atom. The number of nitrogens with one attached hydrogen (secondary N) is 1. The number of methoxy groups -OCH3 is 1. The molecule has 1 unspecified atom stereocenters. The molecule has 0 heterocycles. The molecule has 0 aromatic carbocycles. The average Bonchev–Trinajstić information content (AvgIpc) is 2.12. The van der Waals surface area contributed by atoms with Crippen molar-refractivity contribution in [3.63, 3.8) is 0 Å². The normalized spacial score (nSPS) is 12.5. The summed E-state index contributed by atoms with van der Waals surface area (Å²) in [7, 11) is 1.53. The summed E-state index contributed by atoms with van der Waals surface area (Å²) in [5, 5.41) is 2.80. The molecule has 0 rings (SSSR count). The summed E-state index contributed by atoms with van der Waals surface area (Å²) in [4.78, 5) is 10.9. The van der Waals surface area contributed by atoms with E-state index >= 15 is 0 Å². The highest BCUT2D eigenvalue weighted by molar-refractivity contribution is 5.77. The fraction of sp³-hybridized carbons (Fsp3) is 0.900. The molecule has 0 saturated carbocycles. The third-order valence-corrected chi connectivity index (χ3v) is 2.17. The number of amides is 1. The molecule has 0 aliphatic carbocycles. The SMILES string of the molecule is CCC(C)CCCNC(=O)COC. The molecule has 0 aromatic rings. The summed E-state index contributed by atoms with van der Waals surface area (Å²) < 4.78 is 4.69. The first kappa shape index (κ1) is 12.4. The predicted molar refractivity (Wildman–Crippen MR) is 53.6 cm³/mol. The molecule has 0 spiro atoms. The number of carbonyl (C=O) groups excluding carboxylic acids is 1. The van der Waals surface area contributed by atoms with Gasteiger partial charge < -0.3 is 10.1 Å². The highest BCUT2D eigenvalue weighted by atomic mass is 16.5. The zero-order valence-corrected chi connectivity index (χ0v) is 8.93. The van der Waals surface area contributed by atoms with Crippen LogP contribution in [0.25, 0.3) is 0 Å². The zero-order chi connectivity index (χ0) is 10.1. The van der Waals surface area contributed by atoms with Crippen LogP contribution in [0.15, 0.2) is 0 Å². The summed E-state index contributed by atoms with van der Waals surface area (Å²) in [5.74, 6) is 0.742. The van der Waals surface area contributed by atoms with Crippen molar-refractivity contribution < 1.29 is 9.53 Å². The van der Waals surface area contributed by atoms with Crippen LogP contribution < -0.4 is 5.32 Å². The Morgan fingerprint density at radius 3 is 2.77 bits per heavy atom. The Hall–Kier alpha value is -0.570. The minimum Gasteiger partial charge on any atom is -0.375 e. The third kappa shape index (κ3) is 7.78.